The molecule has 1 aromatic carbocycles. The molecule has 0 aliphatic carbocycles. The second-order valence-corrected chi connectivity index (χ2v) is 7.42. The number of unbranched alkanes of at least 4 members (excludes halogenated alkanes) is 5. The molecule has 0 unspecified atom stereocenters. The Labute approximate surface area is 134 Å². The monoisotopic (exact) mass is 374 g/mol. The fourth-order valence-corrected chi connectivity index (χ4v) is 2.16. The summed E-state index contributed by atoms with van der Waals surface area (Å²) in [6.45, 7) is 11.2. The van der Waals surface area contributed by atoms with E-state index in [4.69, 9.17) is 0 Å². The Morgan fingerprint density at radius 3 is 1.53 bits per heavy atom. The maximum absolute atomic E-state index is 2.32. The fraction of sp³-hybridized carbons (Fsp3) is 0.667. The van der Waals surface area contributed by atoms with E-state index in [-0.39, 0.29) is 5.41 Å². The molecule has 0 N–H and O–H groups in total. The highest BCUT2D eigenvalue weighted by atomic mass is 127. The summed E-state index contributed by atoms with van der Waals surface area (Å²) in [7, 11) is 0. The molecule has 0 nitrogen and oxygen atoms in total. The Hall–Kier alpha value is -0.0500. The number of hydrogen-bond acceptors (Lipinski definition) is 0. The van der Waals surface area contributed by atoms with Crippen molar-refractivity contribution in [1.29, 1.82) is 0 Å². The van der Waals surface area contributed by atoms with E-state index in [0.717, 1.165) is 0 Å². The standard InChI is InChI=1S/C10H13I.C8H18/c1-10(2,3)8-4-6-9(11)7-5-8;1-3-5-7-8-6-4-2/h4-7H,1-3H3;3-8H2,1-2H3. The van der Waals surface area contributed by atoms with E-state index in [9.17, 15) is 0 Å². The molecule has 110 valence electrons. The molecule has 1 rings (SSSR count). The average molecular weight is 374 g/mol. The van der Waals surface area contributed by atoms with Crippen molar-refractivity contribution < 1.29 is 0 Å². The molecule has 0 heterocycles. The van der Waals surface area contributed by atoms with Crippen molar-refractivity contribution in [3.63, 3.8) is 0 Å². The molecule has 0 radical (unpaired) electrons. The largest absolute Gasteiger partial charge is 0.0654 e. The summed E-state index contributed by atoms with van der Waals surface area (Å²) in [4.78, 5) is 0. The van der Waals surface area contributed by atoms with E-state index in [1.54, 1.807) is 0 Å². The third-order valence-electron chi connectivity index (χ3n) is 3.17. The Morgan fingerprint density at radius 1 is 0.789 bits per heavy atom. The van der Waals surface area contributed by atoms with E-state index in [0.29, 0.717) is 0 Å². The summed E-state index contributed by atoms with van der Waals surface area (Å²) in [5.41, 5.74) is 1.68. The van der Waals surface area contributed by atoms with Crippen molar-refractivity contribution in [3.8, 4) is 0 Å². The van der Waals surface area contributed by atoms with Gasteiger partial charge in [-0.2, -0.15) is 0 Å². The number of benzene rings is 1. The van der Waals surface area contributed by atoms with E-state index < -0.39 is 0 Å². The second-order valence-electron chi connectivity index (χ2n) is 6.17. The van der Waals surface area contributed by atoms with Gasteiger partial charge in [0.1, 0.15) is 0 Å². The minimum absolute atomic E-state index is 0.282. The van der Waals surface area contributed by atoms with Crippen molar-refractivity contribution >= 4 is 22.6 Å². The van der Waals surface area contributed by atoms with E-state index in [2.05, 4.69) is 81.5 Å². The third-order valence-corrected chi connectivity index (χ3v) is 3.89. The Kier molecular flexibility index (Phi) is 10.7. The molecule has 0 saturated heterocycles. The van der Waals surface area contributed by atoms with Crippen LogP contribution in [0.15, 0.2) is 24.3 Å². The van der Waals surface area contributed by atoms with E-state index >= 15 is 0 Å². The summed E-state index contributed by atoms with van der Waals surface area (Å²) in [6.07, 6.45) is 8.49. The van der Waals surface area contributed by atoms with Crippen LogP contribution in [0, 0.1) is 3.57 Å². The highest BCUT2D eigenvalue weighted by molar-refractivity contribution is 14.1. The van der Waals surface area contributed by atoms with Crippen LogP contribution in [-0.4, -0.2) is 0 Å². The minimum Gasteiger partial charge on any atom is -0.0654 e. The van der Waals surface area contributed by atoms with Crippen LogP contribution < -0.4 is 0 Å². The van der Waals surface area contributed by atoms with Crippen LogP contribution in [0.1, 0.15) is 78.7 Å². The van der Waals surface area contributed by atoms with Gasteiger partial charge in [-0.3, -0.25) is 0 Å². The lowest BCUT2D eigenvalue weighted by atomic mass is 9.87. The van der Waals surface area contributed by atoms with Gasteiger partial charge in [-0.15, -0.1) is 0 Å². The van der Waals surface area contributed by atoms with Crippen LogP contribution in [0.25, 0.3) is 0 Å². The summed E-state index contributed by atoms with van der Waals surface area (Å²) in [5.74, 6) is 0. The van der Waals surface area contributed by atoms with Crippen molar-refractivity contribution in [2.45, 2.75) is 78.6 Å². The molecule has 0 atom stereocenters. The van der Waals surface area contributed by atoms with Crippen LogP contribution in [0.2, 0.25) is 0 Å². The van der Waals surface area contributed by atoms with Crippen LogP contribution in [-0.2, 0) is 5.41 Å². The predicted octanol–water partition coefficient (Wildman–Crippen LogP) is 6.96. The number of rotatable bonds is 5. The van der Waals surface area contributed by atoms with Crippen molar-refractivity contribution in [3.05, 3.63) is 33.4 Å². The first-order chi connectivity index (χ1) is 8.91. The van der Waals surface area contributed by atoms with Gasteiger partial charge in [-0.25, -0.2) is 0 Å². The van der Waals surface area contributed by atoms with Crippen LogP contribution in [0.4, 0.5) is 0 Å². The lowest BCUT2D eigenvalue weighted by molar-refractivity contribution is 0.590. The molecule has 0 fully saturated rings. The predicted molar refractivity (Wildman–Crippen MR) is 96.9 cm³/mol. The quantitative estimate of drug-likeness (QED) is 0.386. The average Bonchev–Trinajstić information content (AvgIpc) is 2.35. The first-order valence-corrected chi connectivity index (χ1v) is 8.75. The third kappa shape index (κ3) is 10.4. The molecule has 0 bridgehead atoms. The van der Waals surface area contributed by atoms with Gasteiger partial charge in [0.2, 0.25) is 0 Å². The Bertz CT molecular complexity index is 299. The van der Waals surface area contributed by atoms with Gasteiger partial charge in [0.05, 0.1) is 0 Å². The van der Waals surface area contributed by atoms with Crippen molar-refractivity contribution in [2.24, 2.45) is 0 Å². The molecule has 0 aliphatic rings. The van der Waals surface area contributed by atoms with Gasteiger partial charge in [0.25, 0.3) is 0 Å². The van der Waals surface area contributed by atoms with Crippen molar-refractivity contribution in [1.82, 2.24) is 0 Å². The van der Waals surface area contributed by atoms with Crippen LogP contribution in [0.3, 0.4) is 0 Å². The maximum atomic E-state index is 2.32. The molecule has 1 aromatic rings. The molecule has 0 aliphatic heterocycles. The highest BCUT2D eigenvalue weighted by Gasteiger charge is 2.12. The number of halogens is 1. The second kappa shape index (κ2) is 10.7. The Morgan fingerprint density at radius 2 is 1.21 bits per heavy atom. The topological polar surface area (TPSA) is 0 Å². The van der Waals surface area contributed by atoms with Gasteiger partial charge in [-0.1, -0.05) is 85.3 Å². The van der Waals surface area contributed by atoms with Gasteiger partial charge < -0.3 is 0 Å². The fourth-order valence-electron chi connectivity index (χ4n) is 1.80. The van der Waals surface area contributed by atoms with Gasteiger partial charge in [-0.05, 0) is 45.7 Å². The Balaban J connectivity index is 0.000000362. The van der Waals surface area contributed by atoms with Gasteiger partial charge in [0, 0.05) is 3.57 Å². The summed E-state index contributed by atoms with van der Waals surface area (Å²) < 4.78 is 1.30. The highest BCUT2D eigenvalue weighted by Crippen LogP contribution is 2.22. The normalized spacial score (nSPS) is 10.8. The number of hydrogen-bond donors (Lipinski definition) is 0. The summed E-state index contributed by atoms with van der Waals surface area (Å²) >= 11 is 2.32. The van der Waals surface area contributed by atoms with E-state index in [1.807, 2.05) is 0 Å². The van der Waals surface area contributed by atoms with Crippen molar-refractivity contribution in [2.75, 3.05) is 0 Å². The summed E-state index contributed by atoms with van der Waals surface area (Å²) in [5, 5.41) is 0. The lowest BCUT2D eigenvalue weighted by Gasteiger charge is -2.18. The minimum atomic E-state index is 0.282. The molecular formula is C18H31I. The maximum Gasteiger partial charge on any atom is 0.0130 e. The molecule has 1 heteroatoms. The van der Waals surface area contributed by atoms with Crippen LogP contribution in [0.5, 0.6) is 0 Å². The SMILES string of the molecule is CC(C)(C)c1ccc(I)cc1.CCCCCCCC. The molecule has 0 aromatic heterocycles. The molecule has 0 spiro atoms. The zero-order valence-corrected chi connectivity index (χ0v) is 15.6. The molecule has 0 amide bonds. The van der Waals surface area contributed by atoms with Crippen LogP contribution >= 0.6 is 22.6 Å². The zero-order valence-electron chi connectivity index (χ0n) is 13.4. The zero-order chi connectivity index (χ0) is 14.7. The van der Waals surface area contributed by atoms with Gasteiger partial charge in [0.15, 0.2) is 0 Å². The summed E-state index contributed by atoms with van der Waals surface area (Å²) in [6, 6.07) is 8.70. The first-order valence-electron chi connectivity index (χ1n) is 7.67. The van der Waals surface area contributed by atoms with E-state index in [1.165, 1.54) is 47.7 Å². The molecular weight excluding hydrogens is 343 g/mol. The smallest absolute Gasteiger partial charge is 0.0130 e. The lowest BCUT2D eigenvalue weighted by Crippen LogP contribution is -2.10. The molecule has 19 heavy (non-hydrogen) atoms. The first kappa shape index (κ1) is 18.9. The molecule has 0 saturated carbocycles. The van der Waals surface area contributed by atoms with Gasteiger partial charge >= 0.3 is 0 Å².